The second-order valence-corrected chi connectivity index (χ2v) is 6.91. The number of fused-ring (bicyclic) bond motifs is 1. The summed E-state index contributed by atoms with van der Waals surface area (Å²) < 4.78 is 0. The van der Waals surface area contributed by atoms with Crippen molar-refractivity contribution in [3.8, 4) is 11.3 Å². The number of aromatic amines is 1. The van der Waals surface area contributed by atoms with Crippen LogP contribution in [0.2, 0.25) is 0 Å². The van der Waals surface area contributed by atoms with Crippen molar-refractivity contribution in [3.63, 3.8) is 0 Å². The molecule has 2 N–H and O–H groups in total. The summed E-state index contributed by atoms with van der Waals surface area (Å²) in [6.07, 6.45) is 7.11. The zero-order valence-corrected chi connectivity index (χ0v) is 14.7. The summed E-state index contributed by atoms with van der Waals surface area (Å²) in [5.74, 6) is 1.05. The maximum Gasteiger partial charge on any atom is 0.223 e. The predicted molar refractivity (Wildman–Crippen MR) is 99.4 cm³/mol. The Hall–Kier alpha value is -2.69. The molecule has 1 aliphatic carbocycles. The van der Waals surface area contributed by atoms with Gasteiger partial charge in [-0.1, -0.05) is 38.1 Å². The number of nitrogens with zero attached hydrogens (tertiary/aromatic N) is 3. The lowest BCUT2D eigenvalue weighted by atomic mass is 9.88. The molecular formula is C20H23N5. The van der Waals surface area contributed by atoms with E-state index in [0.29, 0.717) is 11.9 Å². The van der Waals surface area contributed by atoms with E-state index in [0.717, 1.165) is 29.8 Å². The van der Waals surface area contributed by atoms with Crippen molar-refractivity contribution in [3.05, 3.63) is 59.5 Å². The first-order valence-corrected chi connectivity index (χ1v) is 8.93. The molecule has 2 heterocycles. The van der Waals surface area contributed by atoms with E-state index < -0.39 is 0 Å². The Labute approximate surface area is 147 Å². The molecule has 5 heteroatoms. The van der Waals surface area contributed by atoms with Crippen LogP contribution in [0.5, 0.6) is 0 Å². The van der Waals surface area contributed by atoms with Gasteiger partial charge in [0.25, 0.3) is 0 Å². The van der Waals surface area contributed by atoms with E-state index in [1.54, 1.807) is 0 Å². The number of nitrogens with one attached hydrogen (secondary N) is 2. The number of hydrogen-bond donors (Lipinski definition) is 2. The highest BCUT2D eigenvalue weighted by atomic mass is 15.1. The lowest BCUT2D eigenvalue weighted by Gasteiger charge is -2.26. The second kappa shape index (κ2) is 6.67. The summed E-state index contributed by atoms with van der Waals surface area (Å²) in [5.41, 5.74) is 5.85. The minimum atomic E-state index is 0.272. The zero-order chi connectivity index (χ0) is 17.2. The molecule has 0 saturated heterocycles. The van der Waals surface area contributed by atoms with E-state index in [-0.39, 0.29) is 6.04 Å². The van der Waals surface area contributed by atoms with E-state index in [1.165, 1.54) is 17.5 Å². The quantitative estimate of drug-likeness (QED) is 0.739. The lowest BCUT2D eigenvalue weighted by molar-refractivity contribution is 0.596. The summed E-state index contributed by atoms with van der Waals surface area (Å²) in [6, 6.07) is 10.9. The smallest absolute Gasteiger partial charge is 0.223 e. The van der Waals surface area contributed by atoms with Gasteiger partial charge in [-0.05, 0) is 42.4 Å². The van der Waals surface area contributed by atoms with Gasteiger partial charge < -0.3 is 5.32 Å². The van der Waals surface area contributed by atoms with Crippen molar-refractivity contribution in [1.29, 1.82) is 0 Å². The normalized spacial score (nSPS) is 16.7. The maximum atomic E-state index is 4.74. The number of anilines is 1. The van der Waals surface area contributed by atoms with Gasteiger partial charge >= 0.3 is 0 Å². The number of rotatable bonds is 4. The van der Waals surface area contributed by atoms with Crippen LogP contribution in [0.3, 0.4) is 0 Å². The third kappa shape index (κ3) is 3.14. The molecule has 1 aliphatic rings. The van der Waals surface area contributed by atoms with Crippen LogP contribution in [0.25, 0.3) is 11.3 Å². The van der Waals surface area contributed by atoms with Crippen LogP contribution in [-0.4, -0.2) is 20.2 Å². The summed E-state index contributed by atoms with van der Waals surface area (Å²) in [5, 5.41) is 10.8. The van der Waals surface area contributed by atoms with Gasteiger partial charge in [-0.25, -0.2) is 9.97 Å². The molecule has 0 spiro atoms. The highest BCUT2D eigenvalue weighted by Gasteiger charge is 2.20. The minimum absolute atomic E-state index is 0.272. The van der Waals surface area contributed by atoms with E-state index in [9.17, 15) is 0 Å². The predicted octanol–water partition coefficient (Wildman–Crippen LogP) is 4.48. The number of H-pyrrole nitrogens is 1. The highest BCUT2D eigenvalue weighted by molar-refractivity contribution is 5.62. The van der Waals surface area contributed by atoms with E-state index in [2.05, 4.69) is 58.6 Å². The number of hydrogen-bond acceptors (Lipinski definition) is 4. The van der Waals surface area contributed by atoms with Crippen LogP contribution in [-0.2, 0) is 6.42 Å². The van der Waals surface area contributed by atoms with Gasteiger partial charge in [0, 0.05) is 17.5 Å². The first-order valence-electron chi connectivity index (χ1n) is 8.93. The molecule has 0 amide bonds. The molecule has 0 fully saturated rings. The van der Waals surface area contributed by atoms with Gasteiger partial charge in [-0.15, -0.1) is 0 Å². The maximum absolute atomic E-state index is 4.74. The van der Waals surface area contributed by atoms with Crippen molar-refractivity contribution in [2.75, 3.05) is 5.32 Å². The number of benzene rings is 1. The molecule has 1 atom stereocenters. The topological polar surface area (TPSA) is 66.5 Å². The van der Waals surface area contributed by atoms with Crippen LogP contribution >= 0.6 is 0 Å². The van der Waals surface area contributed by atoms with E-state index >= 15 is 0 Å². The Morgan fingerprint density at radius 2 is 2.08 bits per heavy atom. The van der Waals surface area contributed by atoms with Crippen LogP contribution in [0, 0.1) is 0 Å². The molecule has 25 heavy (non-hydrogen) atoms. The minimum Gasteiger partial charge on any atom is -0.347 e. The Morgan fingerprint density at radius 3 is 2.96 bits per heavy atom. The molecule has 5 nitrogen and oxygen atoms in total. The second-order valence-electron chi connectivity index (χ2n) is 6.91. The first-order chi connectivity index (χ1) is 12.2. The van der Waals surface area contributed by atoms with Crippen LogP contribution in [0.15, 0.2) is 42.7 Å². The van der Waals surface area contributed by atoms with Crippen LogP contribution in [0.1, 0.15) is 55.5 Å². The largest absolute Gasteiger partial charge is 0.347 e. The Morgan fingerprint density at radius 1 is 1.20 bits per heavy atom. The van der Waals surface area contributed by atoms with Gasteiger partial charge in [0.05, 0.1) is 17.9 Å². The average Bonchev–Trinajstić information content (AvgIpc) is 3.12. The summed E-state index contributed by atoms with van der Waals surface area (Å²) in [7, 11) is 0. The van der Waals surface area contributed by atoms with Crippen LogP contribution in [0.4, 0.5) is 5.95 Å². The van der Waals surface area contributed by atoms with Crippen molar-refractivity contribution in [2.24, 2.45) is 0 Å². The van der Waals surface area contributed by atoms with E-state index in [4.69, 9.17) is 4.98 Å². The van der Waals surface area contributed by atoms with Gasteiger partial charge in [-0.2, -0.15) is 5.10 Å². The molecule has 0 saturated carbocycles. The number of aromatic nitrogens is 4. The van der Waals surface area contributed by atoms with Gasteiger partial charge in [-0.3, -0.25) is 5.10 Å². The molecule has 128 valence electrons. The summed E-state index contributed by atoms with van der Waals surface area (Å²) in [6.45, 7) is 4.30. The number of aryl methyl sites for hydroxylation is 1. The highest BCUT2D eigenvalue weighted by Crippen LogP contribution is 2.32. The zero-order valence-electron chi connectivity index (χ0n) is 14.7. The Kier molecular flexibility index (Phi) is 4.22. The Bertz CT molecular complexity index is 868. The monoisotopic (exact) mass is 333 g/mol. The molecule has 0 radical (unpaired) electrons. The third-order valence-corrected chi connectivity index (χ3v) is 4.85. The molecule has 3 aromatic rings. The fourth-order valence-electron chi connectivity index (χ4n) is 3.58. The van der Waals surface area contributed by atoms with Crippen molar-refractivity contribution >= 4 is 5.95 Å². The van der Waals surface area contributed by atoms with Gasteiger partial charge in [0.2, 0.25) is 5.95 Å². The summed E-state index contributed by atoms with van der Waals surface area (Å²) >= 11 is 0. The molecule has 1 aromatic carbocycles. The molecule has 0 bridgehead atoms. The van der Waals surface area contributed by atoms with E-state index in [1.807, 2.05) is 18.5 Å². The van der Waals surface area contributed by atoms with Gasteiger partial charge in [0.15, 0.2) is 0 Å². The SMILES string of the molecule is CC(C)c1[nH]ncc1-c1ccnc(N[C@@H]2CCCc3ccccc32)n1. The molecule has 2 aromatic heterocycles. The first kappa shape index (κ1) is 15.8. The Balaban J connectivity index is 1.62. The fourth-order valence-corrected chi connectivity index (χ4v) is 3.58. The van der Waals surface area contributed by atoms with Gasteiger partial charge in [0.1, 0.15) is 0 Å². The molecule has 4 rings (SSSR count). The third-order valence-electron chi connectivity index (χ3n) is 4.85. The molecule has 0 aliphatic heterocycles. The molecular weight excluding hydrogens is 310 g/mol. The van der Waals surface area contributed by atoms with Crippen molar-refractivity contribution in [2.45, 2.75) is 45.1 Å². The van der Waals surface area contributed by atoms with Crippen molar-refractivity contribution in [1.82, 2.24) is 20.2 Å². The standard InChI is InChI=1S/C20H23N5/c1-13(2)19-16(12-22-25-19)18-10-11-21-20(24-18)23-17-9-5-7-14-6-3-4-8-15(14)17/h3-4,6,8,10-13,17H,5,7,9H2,1-2H3,(H,22,25)(H,21,23,24)/t17-/m1/s1. The van der Waals surface area contributed by atoms with Crippen LogP contribution < -0.4 is 5.32 Å². The fraction of sp³-hybridized carbons (Fsp3) is 0.350. The summed E-state index contributed by atoms with van der Waals surface area (Å²) in [4.78, 5) is 9.18. The van der Waals surface area contributed by atoms with Crippen molar-refractivity contribution < 1.29 is 0 Å². The molecule has 0 unspecified atom stereocenters. The average molecular weight is 333 g/mol. The lowest BCUT2D eigenvalue weighted by Crippen LogP contribution is -2.18.